The van der Waals surface area contributed by atoms with Gasteiger partial charge in [-0.25, -0.2) is 0 Å². The number of likely N-dealkylation sites (N-methyl/N-ethyl adjacent to an activating group) is 1. The molecule has 0 aromatic heterocycles. The summed E-state index contributed by atoms with van der Waals surface area (Å²) in [5.41, 5.74) is 3.79. The van der Waals surface area contributed by atoms with E-state index in [1.54, 1.807) is 7.05 Å². The van der Waals surface area contributed by atoms with E-state index in [-0.39, 0.29) is 23.1 Å². The van der Waals surface area contributed by atoms with Crippen molar-refractivity contribution in [1.29, 1.82) is 0 Å². The summed E-state index contributed by atoms with van der Waals surface area (Å²) in [6.07, 6.45) is 6.62. The number of thioether (sulfide) groups is 1. The average Bonchev–Trinajstić information content (AvgIpc) is 3.08. The minimum atomic E-state index is -0.936. The number of nitrogens with one attached hydrogen (secondary N) is 3. The Balaban J connectivity index is 1.27. The van der Waals surface area contributed by atoms with Gasteiger partial charge in [0.15, 0.2) is 0 Å². The highest BCUT2D eigenvalue weighted by Crippen LogP contribution is 2.48. The quantitative estimate of drug-likeness (QED) is 0.108. The van der Waals surface area contributed by atoms with E-state index in [9.17, 15) is 19.5 Å². The third-order valence-electron chi connectivity index (χ3n) is 8.69. The van der Waals surface area contributed by atoms with Gasteiger partial charge in [-0.05, 0) is 55.2 Å². The first kappa shape index (κ1) is 34.3. The van der Waals surface area contributed by atoms with Gasteiger partial charge in [-0.2, -0.15) is 0 Å². The third-order valence-corrected chi connectivity index (χ3v) is 10.3. The fourth-order valence-corrected chi connectivity index (χ4v) is 7.90. The molecular weight excluding hydrogens is 582 g/mol. The van der Waals surface area contributed by atoms with Gasteiger partial charge in [0.05, 0.1) is 16.6 Å². The lowest BCUT2D eigenvalue weighted by Crippen LogP contribution is -2.54. The van der Waals surface area contributed by atoms with E-state index in [2.05, 4.69) is 107 Å². The largest absolute Gasteiger partial charge is 0.481 e. The third kappa shape index (κ3) is 9.21. The Bertz CT molecular complexity index is 1240. The van der Waals surface area contributed by atoms with Crippen LogP contribution in [0.4, 0.5) is 0 Å². The van der Waals surface area contributed by atoms with Gasteiger partial charge in [-0.1, -0.05) is 117 Å². The molecule has 45 heavy (non-hydrogen) atoms. The standard InChI is InChI=1S/C37H47N3O4S/c1-38-27-33(40-34(41)31-23-13-14-24-32(31)36(43)44)35(42)39-25-15-2-3-16-26-45-37(28-17-7-4-8-18-28,29-19-9-5-10-20-29)30-21-11-6-12-22-30/h4-12,17-22,31-33,38H,2-3,13-16,23-27H2,1H3,(H,39,42)(H,40,41)(H,43,44)/t31-,32+,33-/m0/s1. The number of hydrogen-bond acceptors (Lipinski definition) is 5. The van der Waals surface area contributed by atoms with Crippen molar-refractivity contribution in [2.45, 2.75) is 62.2 Å². The molecule has 0 radical (unpaired) electrons. The fourth-order valence-electron chi connectivity index (χ4n) is 6.34. The number of carbonyl (C=O) groups is 3. The number of amides is 2. The van der Waals surface area contributed by atoms with Crippen molar-refractivity contribution < 1.29 is 19.5 Å². The molecule has 4 N–H and O–H groups in total. The van der Waals surface area contributed by atoms with Crippen LogP contribution in [0.3, 0.4) is 0 Å². The maximum absolute atomic E-state index is 12.9. The van der Waals surface area contributed by atoms with Gasteiger partial charge in [0.25, 0.3) is 0 Å². The van der Waals surface area contributed by atoms with Crippen LogP contribution in [0.1, 0.15) is 68.1 Å². The first-order chi connectivity index (χ1) is 22.0. The van der Waals surface area contributed by atoms with Gasteiger partial charge in [-0.3, -0.25) is 14.4 Å². The summed E-state index contributed by atoms with van der Waals surface area (Å²) < 4.78 is -0.313. The zero-order valence-electron chi connectivity index (χ0n) is 26.3. The zero-order chi connectivity index (χ0) is 31.9. The monoisotopic (exact) mass is 629 g/mol. The van der Waals surface area contributed by atoms with Gasteiger partial charge in [0.2, 0.25) is 11.8 Å². The molecule has 0 unspecified atom stereocenters. The van der Waals surface area contributed by atoms with Crippen molar-refractivity contribution in [2.75, 3.05) is 25.9 Å². The van der Waals surface area contributed by atoms with E-state index in [0.717, 1.165) is 44.3 Å². The molecule has 2 amide bonds. The predicted octanol–water partition coefficient (Wildman–Crippen LogP) is 5.98. The van der Waals surface area contributed by atoms with E-state index in [0.29, 0.717) is 19.4 Å². The molecule has 3 atom stereocenters. The Labute approximate surface area is 272 Å². The Morgan fingerprint density at radius 3 is 1.80 bits per heavy atom. The van der Waals surface area contributed by atoms with Crippen molar-refractivity contribution in [3.05, 3.63) is 108 Å². The Kier molecular flexibility index (Phi) is 13.5. The van der Waals surface area contributed by atoms with Crippen LogP contribution in [-0.2, 0) is 19.1 Å². The topological polar surface area (TPSA) is 108 Å². The highest BCUT2D eigenvalue weighted by Gasteiger charge is 2.38. The second kappa shape index (κ2) is 17.8. The van der Waals surface area contributed by atoms with E-state index >= 15 is 0 Å². The molecule has 1 aliphatic carbocycles. The highest BCUT2D eigenvalue weighted by atomic mass is 32.2. The molecule has 4 rings (SSSR count). The second-order valence-corrected chi connectivity index (χ2v) is 13.1. The van der Waals surface area contributed by atoms with E-state index in [4.69, 9.17) is 0 Å². The van der Waals surface area contributed by atoms with Crippen LogP contribution in [0.2, 0.25) is 0 Å². The molecule has 1 fully saturated rings. The molecule has 3 aromatic carbocycles. The van der Waals surface area contributed by atoms with Crippen molar-refractivity contribution in [3.63, 3.8) is 0 Å². The number of carbonyl (C=O) groups excluding carboxylic acids is 2. The Morgan fingerprint density at radius 2 is 1.29 bits per heavy atom. The summed E-state index contributed by atoms with van der Waals surface area (Å²) in [6, 6.07) is 31.4. The van der Waals surface area contributed by atoms with Crippen LogP contribution < -0.4 is 16.0 Å². The Morgan fingerprint density at radius 1 is 0.778 bits per heavy atom. The summed E-state index contributed by atoms with van der Waals surface area (Å²) in [5, 5.41) is 18.3. The van der Waals surface area contributed by atoms with Crippen LogP contribution in [0.25, 0.3) is 0 Å². The molecule has 8 heteroatoms. The van der Waals surface area contributed by atoms with E-state index < -0.39 is 23.8 Å². The van der Waals surface area contributed by atoms with Crippen LogP contribution >= 0.6 is 11.8 Å². The van der Waals surface area contributed by atoms with Gasteiger partial charge in [0.1, 0.15) is 6.04 Å². The predicted molar refractivity (Wildman–Crippen MR) is 182 cm³/mol. The fraction of sp³-hybridized carbons (Fsp3) is 0.432. The lowest BCUT2D eigenvalue weighted by atomic mass is 9.78. The summed E-state index contributed by atoms with van der Waals surface area (Å²) in [5.74, 6) is -1.81. The lowest BCUT2D eigenvalue weighted by Gasteiger charge is -2.35. The Hall–Kier alpha value is -3.62. The normalized spacial score (nSPS) is 17.3. The molecule has 240 valence electrons. The maximum Gasteiger partial charge on any atom is 0.307 e. The van der Waals surface area contributed by atoms with Gasteiger partial charge in [-0.15, -0.1) is 11.8 Å². The van der Waals surface area contributed by atoms with E-state index in [1.807, 2.05) is 11.8 Å². The second-order valence-electron chi connectivity index (χ2n) is 11.8. The minimum absolute atomic E-state index is 0.241. The zero-order valence-corrected chi connectivity index (χ0v) is 27.1. The average molecular weight is 630 g/mol. The SMILES string of the molecule is CNC[C@H](NC(=O)[C@H]1CCCC[C@H]1C(=O)O)C(=O)NCCCCCCSC(c1ccccc1)(c1ccccc1)c1ccccc1. The van der Waals surface area contributed by atoms with Crippen LogP contribution in [0.15, 0.2) is 91.0 Å². The maximum atomic E-state index is 12.9. The number of rotatable bonds is 17. The van der Waals surface area contributed by atoms with Crippen molar-refractivity contribution in [3.8, 4) is 0 Å². The van der Waals surface area contributed by atoms with Crippen LogP contribution in [-0.4, -0.2) is 54.8 Å². The number of aliphatic carboxylic acids is 1. The van der Waals surface area contributed by atoms with Gasteiger partial charge >= 0.3 is 5.97 Å². The first-order valence-electron chi connectivity index (χ1n) is 16.2. The molecule has 0 heterocycles. The molecule has 0 bridgehead atoms. The van der Waals surface area contributed by atoms with Gasteiger partial charge < -0.3 is 21.1 Å². The molecule has 1 aliphatic rings. The molecule has 0 spiro atoms. The molecule has 1 saturated carbocycles. The first-order valence-corrected chi connectivity index (χ1v) is 17.2. The number of carboxylic acid groups (broad SMARTS) is 1. The molecule has 3 aromatic rings. The summed E-state index contributed by atoms with van der Waals surface area (Å²) >= 11 is 1.97. The lowest BCUT2D eigenvalue weighted by molar-refractivity contribution is -0.149. The van der Waals surface area contributed by atoms with Crippen LogP contribution in [0, 0.1) is 11.8 Å². The summed E-state index contributed by atoms with van der Waals surface area (Å²) in [7, 11) is 1.73. The number of carboxylic acids is 1. The highest BCUT2D eigenvalue weighted by molar-refractivity contribution is 8.00. The molecular formula is C37H47N3O4S. The summed E-state index contributed by atoms with van der Waals surface area (Å²) in [4.78, 5) is 37.5. The smallest absolute Gasteiger partial charge is 0.307 e. The summed E-state index contributed by atoms with van der Waals surface area (Å²) in [6.45, 7) is 0.816. The van der Waals surface area contributed by atoms with Crippen molar-refractivity contribution >= 4 is 29.5 Å². The van der Waals surface area contributed by atoms with Crippen LogP contribution in [0.5, 0.6) is 0 Å². The van der Waals surface area contributed by atoms with Gasteiger partial charge in [0, 0.05) is 13.1 Å². The molecule has 0 saturated heterocycles. The number of benzene rings is 3. The minimum Gasteiger partial charge on any atom is -0.481 e. The number of hydrogen-bond donors (Lipinski definition) is 4. The molecule has 7 nitrogen and oxygen atoms in total. The number of unbranched alkanes of at least 4 members (excludes halogenated alkanes) is 3. The molecule has 0 aliphatic heterocycles. The van der Waals surface area contributed by atoms with E-state index in [1.165, 1.54) is 16.7 Å². The van der Waals surface area contributed by atoms with Crippen molar-refractivity contribution in [2.24, 2.45) is 11.8 Å². The van der Waals surface area contributed by atoms with Crippen molar-refractivity contribution in [1.82, 2.24) is 16.0 Å².